The maximum absolute atomic E-state index is 12.2. The Morgan fingerprint density at radius 3 is 2.70 bits per heavy atom. The van der Waals surface area contributed by atoms with E-state index in [0.717, 1.165) is 15.3 Å². The van der Waals surface area contributed by atoms with E-state index in [1.54, 1.807) is 18.3 Å². The quantitative estimate of drug-likeness (QED) is 0.871. The van der Waals surface area contributed by atoms with Crippen molar-refractivity contribution in [3.63, 3.8) is 0 Å². The minimum absolute atomic E-state index is 0.200. The van der Waals surface area contributed by atoms with Gasteiger partial charge in [0.05, 0.1) is 6.61 Å². The number of carbonyl (C=O) groups excluding carboxylic acids is 2. The van der Waals surface area contributed by atoms with Gasteiger partial charge in [0.1, 0.15) is 10.6 Å². The predicted molar refractivity (Wildman–Crippen MR) is 82.6 cm³/mol. The van der Waals surface area contributed by atoms with Gasteiger partial charge in [-0.2, -0.15) is 0 Å². The summed E-state index contributed by atoms with van der Waals surface area (Å²) in [6, 6.07) is 3.89. The molecule has 0 aromatic carbocycles. The summed E-state index contributed by atoms with van der Waals surface area (Å²) in [5, 5.41) is 5.23. The first kappa shape index (κ1) is 14.7. The predicted octanol–water partition coefficient (Wildman–Crippen LogP) is 3.92. The monoisotopic (exact) mass is 309 g/mol. The van der Waals surface area contributed by atoms with E-state index in [9.17, 15) is 9.59 Å². The Morgan fingerprint density at radius 2 is 2.15 bits per heavy atom. The maximum atomic E-state index is 12.2. The molecule has 2 aromatic heterocycles. The summed E-state index contributed by atoms with van der Waals surface area (Å²) in [4.78, 5) is 25.5. The van der Waals surface area contributed by atoms with Crippen LogP contribution in [0.3, 0.4) is 0 Å². The van der Waals surface area contributed by atoms with Crippen molar-refractivity contribution in [3.05, 3.63) is 28.0 Å². The molecule has 0 saturated carbocycles. The van der Waals surface area contributed by atoms with Crippen molar-refractivity contribution in [2.24, 2.45) is 0 Å². The smallest absolute Gasteiger partial charge is 0.341 e. The van der Waals surface area contributed by atoms with Crippen molar-refractivity contribution < 1.29 is 14.3 Å². The molecule has 106 valence electrons. The molecule has 20 heavy (non-hydrogen) atoms. The normalized spacial score (nSPS) is 10.3. The lowest BCUT2D eigenvalue weighted by atomic mass is 10.1. The van der Waals surface area contributed by atoms with E-state index in [0.29, 0.717) is 17.2 Å². The van der Waals surface area contributed by atoms with E-state index in [4.69, 9.17) is 4.74 Å². The van der Waals surface area contributed by atoms with Gasteiger partial charge in [0, 0.05) is 22.2 Å². The molecule has 0 atom stereocenters. The second kappa shape index (κ2) is 6.19. The summed E-state index contributed by atoms with van der Waals surface area (Å²) in [6.07, 6.45) is 0. The van der Waals surface area contributed by atoms with Crippen LogP contribution in [0.5, 0.6) is 0 Å². The minimum Gasteiger partial charge on any atom is -0.462 e. The van der Waals surface area contributed by atoms with Crippen LogP contribution < -0.4 is 5.32 Å². The molecule has 4 nitrogen and oxygen atoms in total. The number of aryl methyl sites for hydroxylation is 1. The first-order chi connectivity index (χ1) is 9.54. The number of hydrogen-bond donors (Lipinski definition) is 1. The molecule has 2 heterocycles. The van der Waals surface area contributed by atoms with Crippen molar-refractivity contribution in [3.8, 4) is 10.4 Å². The zero-order chi connectivity index (χ0) is 14.7. The molecular weight excluding hydrogens is 294 g/mol. The van der Waals surface area contributed by atoms with E-state index in [1.807, 2.05) is 24.4 Å². The molecule has 2 aromatic rings. The molecule has 0 aliphatic carbocycles. The van der Waals surface area contributed by atoms with Crippen molar-refractivity contribution >= 4 is 39.6 Å². The zero-order valence-electron chi connectivity index (χ0n) is 11.5. The van der Waals surface area contributed by atoms with Gasteiger partial charge in [-0.3, -0.25) is 4.79 Å². The fraction of sp³-hybridized carbons (Fsp3) is 0.286. The number of rotatable bonds is 4. The summed E-state index contributed by atoms with van der Waals surface area (Å²) in [5.74, 6) is -0.599. The molecule has 0 saturated heterocycles. The molecule has 2 rings (SSSR count). The van der Waals surface area contributed by atoms with E-state index in [1.165, 1.54) is 18.3 Å². The Labute approximate surface area is 125 Å². The van der Waals surface area contributed by atoms with E-state index < -0.39 is 5.97 Å². The third-order valence-electron chi connectivity index (χ3n) is 2.62. The standard InChI is InChI=1S/C14H15NO3S2/c1-4-18-14(17)12-11(10-6-5-7-19-10)8(2)20-13(12)15-9(3)16/h5-7H,4H2,1-3H3,(H,15,16). The summed E-state index contributed by atoms with van der Waals surface area (Å²) >= 11 is 2.95. The van der Waals surface area contributed by atoms with Crippen LogP contribution in [-0.4, -0.2) is 18.5 Å². The fourth-order valence-electron chi connectivity index (χ4n) is 1.91. The first-order valence-corrected chi connectivity index (χ1v) is 7.86. The molecule has 0 aliphatic rings. The third kappa shape index (κ3) is 2.91. The van der Waals surface area contributed by atoms with E-state index in [-0.39, 0.29) is 5.91 Å². The van der Waals surface area contributed by atoms with Crippen LogP contribution in [0.1, 0.15) is 29.1 Å². The third-order valence-corrected chi connectivity index (χ3v) is 4.53. The van der Waals surface area contributed by atoms with Gasteiger partial charge in [-0.15, -0.1) is 22.7 Å². The number of carbonyl (C=O) groups is 2. The molecule has 6 heteroatoms. The molecule has 1 amide bonds. The second-order valence-electron chi connectivity index (χ2n) is 4.12. The highest BCUT2D eigenvalue weighted by atomic mass is 32.1. The Hall–Kier alpha value is -1.66. The largest absolute Gasteiger partial charge is 0.462 e. The first-order valence-electron chi connectivity index (χ1n) is 6.16. The SMILES string of the molecule is CCOC(=O)c1c(NC(C)=O)sc(C)c1-c1cccs1. The van der Waals surface area contributed by atoms with Crippen molar-refractivity contribution in [2.75, 3.05) is 11.9 Å². The topological polar surface area (TPSA) is 55.4 Å². The molecule has 0 radical (unpaired) electrons. The molecule has 0 unspecified atom stereocenters. The van der Waals surface area contributed by atoms with Gasteiger partial charge >= 0.3 is 5.97 Å². The summed E-state index contributed by atoms with van der Waals surface area (Å²) in [5.41, 5.74) is 1.30. The van der Waals surface area contributed by atoms with Gasteiger partial charge in [-0.1, -0.05) is 6.07 Å². The highest BCUT2D eigenvalue weighted by Gasteiger charge is 2.25. The van der Waals surface area contributed by atoms with Crippen molar-refractivity contribution in [2.45, 2.75) is 20.8 Å². The lowest BCUT2D eigenvalue weighted by Crippen LogP contribution is -2.11. The van der Waals surface area contributed by atoms with E-state index >= 15 is 0 Å². The van der Waals surface area contributed by atoms with Crippen LogP contribution in [0.4, 0.5) is 5.00 Å². The second-order valence-corrected chi connectivity index (χ2v) is 6.29. The fourth-order valence-corrected chi connectivity index (χ4v) is 3.91. The van der Waals surface area contributed by atoms with Crippen LogP contribution >= 0.6 is 22.7 Å². The Morgan fingerprint density at radius 1 is 1.40 bits per heavy atom. The summed E-state index contributed by atoms with van der Waals surface area (Å²) < 4.78 is 5.12. The number of amides is 1. The molecule has 0 aliphatic heterocycles. The number of hydrogen-bond acceptors (Lipinski definition) is 5. The van der Waals surface area contributed by atoms with Gasteiger partial charge in [0.2, 0.25) is 5.91 Å². The van der Waals surface area contributed by atoms with Crippen molar-refractivity contribution in [1.82, 2.24) is 0 Å². The summed E-state index contributed by atoms with van der Waals surface area (Å²) in [7, 11) is 0. The number of anilines is 1. The van der Waals surface area contributed by atoms with E-state index in [2.05, 4.69) is 5.32 Å². The highest BCUT2D eigenvalue weighted by molar-refractivity contribution is 7.18. The van der Waals surface area contributed by atoms with Crippen LogP contribution in [-0.2, 0) is 9.53 Å². The van der Waals surface area contributed by atoms with Gasteiger partial charge in [-0.25, -0.2) is 4.79 Å². The maximum Gasteiger partial charge on any atom is 0.341 e. The van der Waals surface area contributed by atoms with Gasteiger partial charge in [-0.05, 0) is 25.3 Å². The molecular formula is C14H15NO3S2. The molecule has 0 fully saturated rings. The molecule has 1 N–H and O–H groups in total. The number of ether oxygens (including phenoxy) is 1. The number of nitrogens with one attached hydrogen (secondary N) is 1. The minimum atomic E-state index is -0.399. The van der Waals surface area contributed by atoms with Crippen LogP contribution in [0.25, 0.3) is 10.4 Å². The molecule has 0 bridgehead atoms. The average Bonchev–Trinajstić information content (AvgIpc) is 2.96. The number of esters is 1. The van der Waals surface area contributed by atoms with Crippen LogP contribution in [0.2, 0.25) is 0 Å². The van der Waals surface area contributed by atoms with Gasteiger partial charge in [0.15, 0.2) is 0 Å². The van der Waals surface area contributed by atoms with Crippen molar-refractivity contribution in [1.29, 1.82) is 0 Å². The van der Waals surface area contributed by atoms with Crippen LogP contribution in [0, 0.1) is 6.92 Å². The Balaban J connectivity index is 2.57. The van der Waals surface area contributed by atoms with Gasteiger partial charge in [0.25, 0.3) is 0 Å². The number of thiophene rings is 2. The Kier molecular flexibility index (Phi) is 4.57. The zero-order valence-corrected chi connectivity index (χ0v) is 13.1. The lowest BCUT2D eigenvalue weighted by molar-refractivity contribution is -0.114. The van der Waals surface area contributed by atoms with Gasteiger partial charge < -0.3 is 10.1 Å². The average molecular weight is 309 g/mol. The molecule has 0 spiro atoms. The van der Waals surface area contributed by atoms with Crippen LogP contribution in [0.15, 0.2) is 17.5 Å². The summed E-state index contributed by atoms with van der Waals surface area (Å²) in [6.45, 7) is 5.43. The Bertz CT molecular complexity index is 629. The highest BCUT2D eigenvalue weighted by Crippen LogP contribution is 2.41. The lowest BCUT2D eigenvalue weighted by Gasteiger charge is -2.06.